The van der Waals surface area contributed by atoms with Crippen LogP contribution in [0.2, 0.25) is 0 Å². The highest BCUT2D eigenvalue weighted by Gasteiger charge is 2.58. The molecule has 1 aliphatic heterocycles. The predicted octanol–water partition coefficient (Wildman–Crippen LogP) is 4.13. The van der Waals surface area contributed by atoms with Crippen molar-refractivity contribution in [1.82, 2.24) is 0 Å². The lowest BCUT2D eigenvalue weighted by molar-refractivity contribution is -0.177. The number of methoxy groups -OCH3 is 1. The van der Waals surface area contributed by atoms with Gasteiger partial charge in [0.2, 0.25) is 0 Å². The smallest absolute Gasteiger partial charge is 0.172 e. The molecule has 0 unspecified atom stereocenters. The molecule has 0 bridgehead atoms. The zero-order valence-corrected chi connectivity index (χ0v) is 16.9. The molecule has 1 N–H and O–H groups in total. The van der Waals surface area contributed by atoms with Gasteiger partial charge in [0.1, 0.15) is 0 Å². The third kappa shape index (κ3) is 2.63. The number of fused-ring (bicyclic) bond motifs is 4. The van der Waals surface area contributed by atoms with Crippen LogP contribution in [0.1, 0.15) is 64.7 Å². The van der Waals surface area contributed by atoms with Crippen molar-refractivity contribution >= 4 is 0 Å². The Balaban J connectivity index is 1.47. The fourth-order valence-electron chi connectivity index (χ4n) is 7.09. The van der Waals surface area contributed by atoms with Crippen LogP contribution in [0.4, 0.5) is 0 Å². The van der Waals surface area contributed by atoms with Crippen LogP contribution in [0, 0.1) is 17.3 Å². The average molecular weight is 375 g/mol. The van der Waals surface area contributed by atoms with Gasteiger partial charge in [-0.2, -0.15) is 0 Å². The van der Waals surface area contributed by atoms with Crippen molar-refractivity contribution in [3.05, 3.63) is 22.8 Å². The molecule has 0 amide bonds. The monoisotopic (exact) mass is 374 g/mol. The van der Waals surface area contributed by atoms with Crippen LogP contribution in [0.15, 0.2) is 22.8 Å². The summed E-state index contributed by atoms with van der Waals surface area (Å²) in [5.41, 5.74) is 4.04. The normalized spacial score (nSPS) is 43.1. The van der Waals surface area contributed by atoms with E-state index < -0.39 is 5.60 Å². The summed E-state index contributed by atoms with van der Waals surface area (Å²) in [7, 11) is 1.72. The van der Waals surface area contributed by atoms with Gasteiger partial charge in [-0.05, 0) is 61.5 Å². The van der Waals surface area contributed by atoms with Gasteiger partial charge in [-0.1, -0.05) is 25.0 Å². The Labute approximate surface area is 162 Å². The molecule has 150 valence electrons. The zero-order chi connectivity index (χ0) is 18.7. The molecule has 4 nitrogen and oxygen atoms in total. The van der Waals surface area contributed by atoms with E-state index in [2.05, 4.69) is 13.0 Å². The maximum Gasteiger partial charge on any atom is 0.172 e. The van der Waals surface area contributed by atoms with Gasteiger partial charge in [0.05, 0.1) is 25.4 Å². The van der Waals surface area contributed by atoms with Crippen molar-refractivity contribution < 1.29 is 19.3 Å². The van der Waals surface area contributed by atoms with E-state index in [-0.39, 0.29) is 11.2 Å². The first kappa shape index (κ1) is 18.4. The second-order valence-electron chi connectivity index (χ2n) is 9.76. The van der Waals surface area contributed by atoms with Crippen molar-refractivity contribution in [2.45, 2.75) is 76.1 Å². The molecule has 0 aromatic heterocycles. The van der Waals surface area contributed by atoms with E-state index in [4.69, 9.17) is 14.2 Å². The Kier molecular flexibility index (Phi) is 4.36. The molecule has 0 radical (unpaired) electrons. The van der Waals surface area contributed by atoms with Gasteiger partial charge in [0.25, 0.3) is 0 Å². The molecular formula is C23H34O4. The lowest BCUT2D eigenvalue weighted by Gasteiger charge is -2.58. The highest BCUT2D eigenvalue weighted by Crippen LogP contribution is 2.61. The van der Waals surface area contributed by atoms with E-state index in [1.807, 2.05) is 0 Å². The molecule has 4 heteroatoms. The lowest BCUT2D eigenvalue weighted by Crippen LogP contribution is -2.59. The number of aliphatic hydroxyl groups is 1. The van der Waals surface area contributed by atoms with E-state index in [9.17, 15) is 5.11 Å². The number of hydrogen-bond acceptors (Lipinski definition) is 4. The van der Waals surface area contributed by atoms with Crippen LogP contribution in [-0.4, -0.2) is 43.4 Å². The molecule has 1 heterocycles. The van der Waals surface area contributed by atoms with Gasteiger partial charge >= 0.3 is 0 Å². The van der Waals surface area contributed by atoms with Crippen LogP contribution in [-0.2, 0) is 14.2 Å². The topological polar surface area (TPSA) is 47.9 Å². The van der Waals surface area contributed by atoms with Gasteiger partial charge < -0.3 is 19.3 Å². The molecule has 2 fully saturated rings. The summed E-state index contributed by atoms with van der Waals surface area (Å²) >= 11 is 0. The van der Waals surface area contributed by atoms with Gasteiger partial charge in [-0.3, -0.25) is 0 Å². The van der Waals surface area contributed by atoms with Crippen molar-refractivity contribution in [3.8, 4) is 0 Å². The highest BCUT2D eigenvalue weighted by atomic mass is 16.7. The van der Waals surface area contributed by atoms with E-state index >= 15 is 0 Å². The number of allylic oxidation sites excluding steroid dienone is 3. The van der Waals surface area contributed by atoms with E-state index in [0.717, 1.165) is 51.7 Å². The third-order valence-electron chi connectivity index (χ3n) is 8.59. The molecule has 0 aromatic rings. The molecule has 1 saturated carbocycles. The summed E-state index contributed by atoms with van der Waals surface area (Å²) in [6.07, 6.45) is 12.1. The molecule has 1 saturated heterocycles. The lowest BCUT2D eigenvalue weighted by atomic mass is 9.49. The summed E-state index contributed by atoms with van der Waals surface area (Å²) in [5.74, 6) is 0.847. The molecule has 1 spiro atoms. The van der Waals surface area contributed by atoms with Gasteiger partial charge in [0.15, 0.2) is 5.79 Å². The van der Waals surface area contributed by atoms with E-state index in [1.54, 1.807) is 23.8 Å². The Hall–Kier alpha value is -0.680. The second kappa shape index (κ2) is 6.41. The van der Waals surface area contributed by atoms with Crippen molar-refractivity contribution in [2.24, 2.45) is 17.3 Å². The molecule has 4 atom stereocenters. The molecule has 0 aromatic carbocycles. The van der Waals surface area contributed by atoms with Crippen molar-refractivity contribution in [1.29, 1.82) is 0 Å². The maximum atomic E-state index is 11.5. The van der Waals surface area contributed by atoms with E-state index in [1.165, 1.54) is 19.3 Å². The minimum atomic E-state index is -0.691. The molecule has 27 heavy (non-hydrogen) atoms. The molecular weight excluding hydrogens is 340 g/mol. The fourth-order valence-corrected chi connectivity index (χ4v) is 7.09. The van der Waals surface area contributed by atoms with Crippen LogP contribution in [0.3, 0.4) is 0 Å². The Bertz CT molecular complexity index is 670. The first-order valence-corrected chi connectivity index (χ1v) is 10.9. The van der Waals surface area contributed by atoms with Gasteiger partial charge in [-0.15, -0.1) is 0 Å². The summed E-state index contributed by atoms with van der Waals surface area (Å²) in [6.45, 7) is 4.27. The van der Waals surface area contributed by atoms with Crippen LogP contribution in [0.25, 0.3) is 0 Å². The number of rotatable bonds is 2. The van der Waals surface area contributed by atoms with Crippen LogP contribution in [0.5, 0.6) is 0 Å². The second-order valence-corrected chi connectivity index (χ2v) is 9.76. The van der Waals surface area contributed by atoms with Crippen LogP contribution < -0.4 is 0 Å². The SMILES string of the molecule is COC[C@]1(O)CCC[C@H]2[C@@H]3CCC4=C(CCC5(C4)OCCO5)C3=CC[C@@]21C. The Morgan fingerprint density at radius 1 is 1.19 bits per heavy atom. The number of hydrogen-bond donors (Lipinski definition) is 1. The minimum absolute atomic E-state index is 0.0684. The standard InChI is InChI=1S/C23H34O4/c1-21-10-7-18-17-8-11-23(26-12-13-27-23)14-16(17)5-6-19(18)20(21)4-3-9-22(21,24)15-25-2/h7,19-20,24H,3-6,8-15H2,1-2H3/t19-,20+,21+,22-/m1/s1. The Morgan fingerprint density at radius 2 is 2.00 bits per heavy atom. The zero-order valence-electron chi connectivity index (χ0n) is 16.9. The summed E-state index contributed by atoms with van der Waals surface area (Å²) in [4.78, 5) is 0. The molecule has 4 aliphatic carbocycles. The predicted molar refractivity (Wildman–Crippen MR) is 103 cm³/mol. The minimum Gasteiger partial charge on any atom is -0.387 e. The average Bonchev–Trinajstić information content (AvgIpc) is 3.10. The van der Waals surface area contributed by atoms with E-state index in [0.29, 0.717) is 18.4 Å². The number of ether oxygens (including phenoxy) is 3. The quantitative estimate of drug-likeness (QED) is 0.789. The molecule has 5 aliphatic rings. The molecule has 5 rings (SSSR count). The first-order chi connectivity index (χ1) is 13.0. The summed E-state index contributed by atoms with van der Waals surface area (Å²) in [6, 6.07) is 0. The first-order valence-electron chi connectivity index (χ1n) is 10.9. The summed E-state index contributed by atoms with van der Waals surface area (Å²) < 4.78 is 17.5. The van der Waals surface area contributed by atoms with Crippen LogP contribution >= 0.6 is 0 Å². The van der Waals surface area contributed by atoms with Crippen molar-refractivity contribution in [3.63, 3.8) is 0 Å². The maximum absolute atomic E-state index is 11.5. The fraction of sp³-hybridized carbons (Fsp3) is 0.826. The summed E-state index contributed by atoms with van der Waals surface area (Å²) in [5, 5.41) is 11.5. The highest BCUT2D eigenvalue weighted by molar-refractivity contribution is 5.44. The van der Waals surface area contributed by atoms with Crippen molar-refractivity contribution in [2.75, 3.05) is 26.9 Å². The largest absolute Gasteiger partial charge is 0.387 e. The van der Waals surface area contributed by atoms with Gasteiger partial charge in [0, 0.05) is 25.4 Å². The third-order valence-corrected chi connectivity index (χ3v) is 8.59. The Morgan fingerprint density at radius 3 is 2.78 bits per heavy atom. The van der Waals surface area contributed by atoms with Gasteiger partial charge in [-0.25, -0.2) is 0 Å².